The van der Waals surface area contributed by atoms with Crippen LogP contribution in [0.4, 0.5) is 8.78 Å². The van der Waals surface area contributed by atoms with Gasteiger partial charge >= 0.3 is 5.97 Å². The summed E-state index contributed by atoms with van der Waals surface area (Å²) in [6, 6.07) is 5.59. The van der Waals surface area contributed by atoms with Gasteiger partial charge in [-0.3, -0.25) is 19.1 Å². The molecule has 0 saturated carbocycles. The van der Waals surface area contributed by atoms with Crippen LogP contribution < -0.4 is 10.3 Å². The minimum absolute atomic E-state index is 0.0321. The zero-order valence-corrected chi connectivity index (χ0v) is 22.0. The van der Waals surface area contributed by atoms with Crippen LogP contribution >= 0.6 is 11.6 Å². The van der Waals surface area contributed by atoms with Crippen LogP contribution in [0.5, 0.6) is 5.75 Å². The number of carbonyl (C=O) groups is 1. The van der Waals surface area contributed by atoms with Crippen LogP contribution in [0.15, 0.2) is 47.7 Å². The van der Waals surface area contributed by atoms with Crippen molar-refractivity contribution >= 4 is 17.6 Å². The Balaban J connectivity index is 1.69. The summed E-state index contributed by atoms with van der Waals surface area (Å²) in [7, 11) is 1.31. The molecule has 0 radical (unpaired) electrons. The van der Waals surface area contributed by atoms with Gasteiger partial charge in [0.2, 0.25) is 0 Å². The van der Waals surface area contributed by atoms with E-state index in [-0.39, 0.29) is 23.1 Å². The van der Waals surface area contributed by atoms with E-state index in [0.29, 0.717) is 34.5 Å². The number of carbonyl (C=O) groups excluding carboxylic acids is 1. The van der Waals surface area contributed by atoms with Gasteiger partial charge in [0, 0.05) is 36.3 Å². The van der Waals surface area contributed by atoms with Crippen molar-refractivity contribution in [3.8, 4) is 17.3 Å². The number of aryl methyl sites for hydroxylation is 2. The summed E-state index contributed by atoms with van der Waals surface area (Å²) < 4.78 is 40.4. The molecule has 0 aliphatic rings. The molecule has 4 rings (SSSR count). The number of hydrogen-bond donors (Lipinski definition) is 0. The fourth-order valence-corrected chi connectivity index (χ4v) is 3.99. The Morgan fingerprint density at radius 1 is 1.13 bits per heavy atom. The number of hydrogen-bond acceptors (Lipinski definition) is 7. The van der Waals surface area contributed by atoms with Crippen molar-refractivity contribution in [2.75, 3.05) is 7.11 Å². The maximum absolute atomic E-state index is 13.9. The van der Waals surface area contributed by atoms with Gasteiger partial charge in [0.15, 0.2) is 11.6 Å². The fraction of sp³-hybridized carbons (Fsp3) is 0.269. The Morgan fingerprint density at radius 3 is 2.55 bits per heavy atom. The molecule has 12 heteroatoms. The van der Waals surface area contributed by atoms with E-state index < -0.39 is 28.6 Å². The first-order valence-electron chi connectivity index (χ1n) is 11.4. The highest BCUT2D eigenvalue weighted by atomic mass is 35.5. The lowest BCUT2D eigenvalue weighted by molar-refractivity contribution is -0.146. The van der Waals surface area contributed by atoms with E-state index in [1.54, 1.807) is 52.2 Å². The average Bonchev–Trinajstić information content (AvgIpc) is 3.38. The van der Waals surface area contributed by atoms with Crippen LogP contribution in [0.25, 0.3) is 11.5 Å². The Hall–Kier alpha value is -4.12. The highest BCUT2D eigenvalue weighted by Gasteiger charge is 2.33. The Morgan fingerprint density at radius 2 is 1.87 bits per heavy atom. The highest BCUT2D eigenvalue weighted by Crippen LogP contribution is 2.27. The number of ether oxygens (including phenoxy) is 2. The number of esters is 1. The Kier molecular flexibility index (Phi) is 7.32. The quantitative estimate of drug-likeness (QED) is 0.319. The second-order valence-corrected chi connectivity index (χ2v) is 9.44. The van der Waals surface area contributed by atoms with Gasteiger partial charge in [-0.25, -0.2) is 18.4 Å². The molecule has 0 aliphatic heterocycles. The third-order valence-electron chi connectivity index (χ3n) is 6.01. The van der Waals surface area contributed by atoms with Crippen molar-refractivity contribution in [1.82, 2.24) is 24.3 Å². The summed E-state index contributed by atoms with van der Waals surface area (Å²) in [5.74, 6) is -1.68. The maximum atomic E-state index is 13.9. The van der Waals surface area contributed by atoms with Crippen LogP contribution in [0.2, 0.25) is 5.02 Å². The minimum Gasteiger partial charge on any atom is -0.485 e. The molecule has 0 atom stereocenters. The smallest absolute Gasteiger partial charge is 0.317 e. The SMILES string of the molecule is COC(=O)C(C)(C)c1ccn(-c2cc(-n3c(C)cc(OCc4ncc(F)cc4F)c(Cl)c3=O)c(C)cn2)n1. The van der Waals surface area contributed by atoms with E-state index in [4.69, 9.17) is 21.1 Å². The highest BCUT2D eigenvalue weighted by molar-refractivity contribution is 6.31. The third kappa shape index (κ3) is 5.01. The van der Waals surface area contributed by atoms with Crippen molar-refractivity contribution < 1.29 is 23.0 Å². The average molecular weight is 544 g/mol. The van der Waals surface area contributed by atoms with E-state index in [0.717, 1.165) is 6.20 Å². The lowest BCUT2D eigenvalue weighted by Crippen LogP contribution is -2.30. The molecule has 4 aromatic rings. The van der Waals surface area contributed by atoms with E-state index in [1.807, 2.05) is 0 Å². The first-order chi connectivity index (χ1) is 17.9. The zero-order chi connectivity index (χ0) is 27.8. The van der Waals surface area contributed by atoms with Crippen molar-refractivity contribution in [3.63, 3.8) is 0 Å². The van der Waals surface area contributed by atoms with Gasteiger partial charge < -0.3 is 9.47 Å². The van der Waals surface area contributed by atoms with Crippen LogP contribution in [-0.4, -0.2) is 37.4 Å². The lowest BCUT2D eigenvalue weighted by atomic mass is 9.90. The van der Waals surface area contributed by atoms with Gasteiger partial charge in [-0.2, -0.15) is 5.10 Å². The van der Waals surface area contributed by atoms with Crippen LogP contribution in [0.1, 0.15) is 36.5 Å². The number of rotatable bonds is 7. The van der Waals surface area contributed by atoms with Gasteiger partial charge in [0.1, 0.15) is 34.3 Å². The van der Waals surface area contributed by atoms with Gasteiger partial charge in [0.05, 0.1) is 24.7 Å². The first-order valence-corrected chi connectivity index (χ1v) is 11.8. The molecule has 0 unspecified atom stereocenters. The molecule has 198 valence electrons. The molecule has 0 fully saturated rings. The van der Waals surface area contributed by atoms with Crippen molar-refractivity contribution in [2.24, 2.45) is 0 Å². The van der Waals surface area contributed by atoms with Gasteiger partial charge in [-0.05, 0) is 39.3 Å². The fourth-order valence-electron chi connectivity index (χ4n) is 3.79. The second kappa shape index (κ2) is 10.3. The van der Waals surface area contributed by atoms with Crippen LogP contribution in [0.3, 0.4) is 0 Å². The van der Waals surface area contributed by atoms with Gasteiger partial charge in [-0.15, -0.1) is 0 Å². The molecule has 9 nitrogen and oxygen atoms in total. The summed E-state index contributed by atoms with van der Waals surface area (Å²) in [5, 5.41) is 4.26. The maximum Gasteiger partial charge on any atom is 0.317 e. The predicted octanol–water partition coefficient (Wildman–Crippen LogP) is 4.39. The summed E-state index contributed by atoms with van der Waals surface area (Å²) in [6.07, 6.45) is 4.11. The molecular weight excluding hydrogens is 520 g/mol. The normalized spacial score (nSPS) is 11.5. The number of nitrogens with zero attached hydrogens (tertiary/aromatic N) is 5. The molecule has 4 aromatic heterocycles. The first kappa shape index (κ1) is 26.9. The zero-order valence-electron chi connectivity index (χ0n) is 21.3. The van der Waals surface area contributed by atoms with Gasteiger partial charge in [0.25, 0.3) is 5.56 Å². The second-order valence-electron chi connectivity index (χ2n) is 9.07. The summed E-state index contributed by atoms with van der Waals surface area (Å²) in [4.78, 5) is 33.6. The van der Waals surface area contributed by atoms with Crippen molar-refractivity contribution in [1.29, 1.82) is 0 Å². The summed E-state index contributed by atoms with van der Waals surface area (Å²) in [6.45, 7) is 6.53. The molecule has 0 bridgehead atoms. The summed E-state index contributed by atoms with van der Waals surface area (Å²) in [5.41, 5.74) is 0.477. The molecule has 0 N–H and O–H groups in total. The third-order valence-corrected chi connectivity index (χ3v) is 6.36. The number of pyridine rings is 3. The topological polar surface area (TPSA) is 101 Å². The van der Waals surface area contributed by atoms with Crippen LogP contribution in [-0.2, 0) is 21.6 Å². The molecule has 0 amide bonds. The van der Waals surface area contributed by atoms with Crippen molar-refractivity contribution in [3.05, 3.63) is 92.5 Å². The van der Waals surface area contributed by atoms with E-state index in [1.165, 1.54) is 22.4 Å². The number of methoxy groups -OCH3 is 1. The summed E-state index contributed by atoms with van der Waals surface area (Å²) >= 11 is 6.35. The van der Waals surface area contributed by atoms with Crippen molar-refractivity contribution in [2.45, 2.75) is 39.7 Å². The number of halogens is 3. The van der Waals surface area contributed by atoms with E-state index in [2.05, 4.69) is 15.1 Å². The molecule has 0 aliphatic carbocycles. The molecular formula is C26H24ClF2N5O4. The van der Waals surface area contributed by atoms with Crippen LogP contribution in [0, 0.1) is 25.5 Å². The lowest BCUT2D eigenvalue weighted by Gasteiger charge is -2.18. The van der Waals surface area contributed by atoms with E-state index in [9.17, 15) is 18.4 Å². The predicted molar refractivity (Wildman–Crippen MR) is 135 cm³/mol. The molecule has 0 aromatic carbocycles. The molecule has 0 spiro atoms. The van der Waals surface area contributed by atoms with Gasteiger partial charge in [-0.1, -0.05) is 11.6 Å². The standard InChI is InChI=1S/C26H24ClF2N5O4/c1-14-11-31-22(33-7-6-21(32-33)26(3,4)25(36)37-5)10-19(14)34-15(2)8-20(23(27)24(34)35)38-13-18-17(29)9-16(28)12-30-18/h6-12H,13H2,1-5H3. The monoisotopic (exact) mass is 543 g/mol. The minimum atomic E-state index is -0.975. The Bertz CT molecular complexity index is 1600. The molecule has 0 saturated heterocycles. The molecule has 4 heterocycles. The Labute approximate surface area is 221 Å². The van der Waals surface area contributed by atoms with E-state index >= 15 is 0 Å². The molecule has 38 heavy (non-hydrogen) atoms. The largest absolute Gasteiger partial charge is 0.485 e. The number of aromatic nitrogens is 5.